The zero-order chi connectivity index (χ0) is 11.9. The van der Waals surface area contributed by atoms with E-state index in [1.54, 1.807) is 22.7 Å². The van der Waals surface area contributed by atoms with Gasteiger partial charge in [0.25, 0.3) is 0 Å². The molecule has 0 aromatic carbocycles. The minimum Gasteiger partial charge on any atom is -0.145 e. The average molecular weight is 356 g/mol. The lowest BCUT2D eigenvalue weighted by Crippen LogP contribution is -1.86. The van der Waals surface area contributed by atoms with Gasteiger partial charge in [0.15, 0.2) is 0 Å². The normalized spacial score (nSPS) is 13.1. The Morgan fingerprint density at radius 3 is 2.50 bits per heavy atom. The number of hydrogen-bond donors (Lipinski definition) is 0. The first-order valence-electron chi connectivity index (χ1n) is 4.64. The van der Waals surface area contributed by atoms with Crippen molar-refractivity contribution in [2.75, 3.05) is 0 Å². The lowest BCUT2D eigenvalue weighted by Gasteiger charge is -2.05. The Balaban J connectivity index is 2.38. The maximum absolute atomic E-state index is 6.45. The molecule has 0 saturated carbocycles. The van der Waals surface area contributed by atoms with Crippen molar-refractivity contribution in [2.45, 2.75) is 19.2 Å². The van der Waals surface area contributed by atoms with Crippen molar-refractivity contribution >= 4 is 61.8 Å². The van der Waals surface area contributed by atoms with E-state index in [0.29, 0.717) is 0 Å². The molecule has 86 valence electrons. The molecule has 0 amide bonds. The summed E-state index contributed by atoms with van der Waals surface area (Å²) in [6.45, 7) is 4.07. The van der Waals surface area contributed by atoms with Gasteiger partial charge in [0.1, 0.15) is 5.38 Å². The Kier molecular flexibility index (Phi) is 4.02. The van der Waals surface area contributed by atoms with Crippen molar-refractivity contribution in [1.29, 1.82) is 0 Å². The summed E-state index contributed by atoms with van der Waals surface area (Å²) in [5.74, 6) is 0. The second kappa shape index (κ2) is 4.99. The van der Waals surface area contributed by atoms with Gasteiger partial charge in [-0.05, 0) is 46.8 Å². The zero-order valence-electron chi connectivity index (χ0n) is 8.68. The molecule has 0 nitrogen and oxygen atoms in total. The van der Waals surface area contributed by atoms with Crippen molar-refractivity contribution in [3.63, 3.8) is 0 Å². The van der Waals surface area contributed by atoms with Crippen LogP contribution in [0.2, 0.25) is 5.02 Å². The first kappa shape index (κ1) is 12.9. The predicted octanol–water partition coefficient (Wildman–Crippen LogP) is 6.17. The number of thiophene rings is 2. The van der Waals surface area contributed by atoms with Crippen LogP contribution >= 0.6 is 61.8 Å². The van der Waals surface area contributed by atoms with Gasteiger partial charge in [-0.2, -0.15) is 0 Å². The van der Waals surface area contributed by atoms with Crippen LogP contribution in [0.5, 0.6) is 0 Å². The molecule has 1 unspecified atom stereocenters. The van der Waals surface area contributed by atoms with E-state index in [1.165, 1.54) is 4.88 Å². The maximum Gasteiger partial charge on any atom is 0.103 e. The monoisotopic (exact) mass is 354 g/mol. The van der Waals surface area contributed by atoms with E-state index >= 15 is 0 Å². The summed E-state index contributed by atoms with van der Waals surface area (Å²) in [7, 11) is 0. The summed E-state index contributed by atoms with van der Waals surface area (Å²) in [5, 5.41) is 2.70. The highest BCUT2D eigenvalue weighted by molar-refractivity contribution is 9.10. The van der Waals surface area contributed by atoms with Crippen LogP contribution in [0.15, 0.2) is 15.9 Å². The largest absolute Gasteiger partial charge is 0.145 e. The number of halogens is 3. The van der Waals surface area contributed by atoms with Crippen molar-refractivity contribution in [3.8, 4) is 0 Å². The van der Waals surface area contributed by atoms with Gasteiger partial charge in [-0.25, -0.2) is 0 Å². The number of rotatable bonds is 2. The van der Waals surface area contributed by atoms with Crippen LogP contribution < -0.4 is 0 Å². The third-order valence-corrected chi connectivity index (χ3v) is 6.97. The number of alkyl halides is 1. The Morgan fingerprint density at radius 1 is 1.38 bits per heavy atom. The van der Waals surface area contributed by atoms with Gasteiger partial charge in [-0.1, -0.05) is 11.6 Å². The second-order valence-corrected chi connectivity index (χ2v) is 7.38. The third-order valence-electron chi connectivity index (χ3n) is 2.28. The van der Waals surface area contributed by atoms with Crippen LogP contribution in [0.3, 0.4) is 0 Å². The summed E-state index contributed by atoms with van der Waals surface area (Å²) >= 11 is 19.5. The first-order chi connectivity index (χ1) is 7.50. The molecule has 2 heterocycles. The molecule has 0 saturated heterocycles. The van der Waals surface area contributed by atoms with Crippen LogP contribution in [-0.2, 0) is 0 Å². The highest BCUT2D eigenvalue weighted by Crippen LogP contribution is 2.43. The summed E-state index contributed by atoms with van der Waals surface area (Å²) in [6, 6.07) is 2.07. The van der Waals surface area contributed by atoms with Crippen LogP contribution in [0.4, 0.5) is 0 Å². The van der Waals surface area contributed by atoms with E-state index in [4.69, 9.17) is 23.2 Å². The van der Waals surface area contributed by atoms with Gasteiger partial charge in [-0.3, -0.25) is 0 Å². The highest BCUT2D eigenvalue weighted by Gasteiger charge is 2.20. The van der Waals surface area contributed by atoms with Gasteiger partial charge in [-0.15, -0.1) is 34.3 Å². The molecule has 2 aromatic rings. The minimum atomic E-state index is -0.138. The summed E-state index contributed by atoms with van der Waals surface area (Å²) in [4.78, 5) is 3.41. The van der Waals surface area contributed by atoms with E-state index < -0.39 is 0 Å². The summed E-state index contributed by atoms with van der Waals surface area (Å²) < 4.78 is 1.11. The zero-order valence-corrected chi connectivity index (χ0v) is 13.4. The molecule has 0 aliphatic rings. The Hall–Kier alpha value is 0.460. The Labute approximate surface area is 121 Å². The molecule has 0 radical (unpaired) electrons. The lowest BCUT2D eigenvalue weighted by molar-refractivity contribution is 1.23. The van der Waals surface area contributed by atoms with Crippen molar-refractivity contribution < 1.29 is 0 Å². The molecule has 2 aromatic heterocycles. The van der Waals surface area contributed by atoms with Crippen LogP contribution in [-0.4, -0.2) is 0 Å². The predicted molar refractivity (Wildman–Crippen MR) is 78.5 cm³/mol. The van der Waals surface area contributed by atoms with Crippen molar-refractivity contribution in [2.24, 2.45) is 0 Å². The number of hydrogen-bond acceptors (Lipinski definition) is 2. The van der Waals surface area contributed by atoms with Gasteiger partial charge in [0.05, 0.1) is 5.02 Å². The molecule has 2 rings (SSSR count). The van der Waals surface area contributed by atoms with Crippen LogP contribution in [0, 0.1) is 13.8 Å². The molecule has 0 aliphatic carbocycles. The summed E-state index contributed by atoms with van der Waals surface area (Å²) in [6.07, 6.45) is 0. The fourth-order valence-corrected chi connectivity index (χ4v) is 4.79. The van der Waals surface area contributed by atoms with E-state index in [2.05, 4.69) is 28.9 Å². The molecule has 1 atom stereocenters. The smallest absolute Gasteiger partial charge is 0.103 e. The molecular weight excluding hydrogens is 347 g/mol. The molecule has 0 bridgehead atoms. The van der Waals surface area contributed by atoms with E-state index in [0.717, 1.165) is 24.8 Å². The van der Waals surface area contributed by atoms with Crippen molar-refractivity contribution in [1.82, 2.24) is 0 Å². The Bertz CT molecular complexity index is 497. The van der Waals surface area contributed by atoms with Gasteiger partial charge in [0, 0.05) is 19.1 Å². The third kappa shape index (κ3) is 2.34. The molecule has 0 fully saturated rings. The molecule has 0 aliphatic heterocycles. The van der Waals surface area contributed by atoms with E-state index in [9.17, 15) is 0 Å². The Morgan fingerprint density at radius 2 is 2.06 bits per heavy atom. The van der Waals surface area contributed by atoms with E-state index in [-0.39, 0.29) is 5.38 Å². The fraction of sp³-hybridized carbons (Fsp3) is 0.273. The fourth-order valence-electron chi connectivity index (χ4n) is 1.36. The van der Waals surface area contributed by atoms with E-state index in [1.807, 2.05) is 12.3 Å². The number of aryl methyl sites for hydroxylation is 2. The summed E-state index contributed by atoms with van der Waals surface area (Å²) in [5.41, 5.74) is 1.10. The molecule has 0 spiro atoms. The topological polar surface area (TPSA) is 0 Å². The quantitative estimate of drug-likeness (QED) is 0.565. The minimum absolute atomic E-state index is 0.138. The average Bonchev–Trinajstić information content (AvgIpc) is 2.73. The maximum atomic E-state index is 6.45. The lowest BCUT2D eigenvalue weighted by atomic mass is 10.2. The van der Waals surface area contributed by atoms with Crippen molar-refractivity contribution in [3.05, 3.63) is 41.1 Å². The van der Waals surface area contributed by atoms with Crippen LogP contribution in [0.25, 0.3) is 0 Å². The highest BCUT2D eigenvalue weighted by atomic mass is 79.9. The van der Waals surface area contributed by atoms with Gasteiger partial charge < -0.3 is 0 Å². The molecule has 16 heavy (non-hydrogen) atoms. The second-order valence-electron chi connectivity index (χ2n) is 3.51. The molecule has 5 heteroatoms. The first-order valence-corrected chi connectivity index (χ1v) is 7.94. The molecular formula is C11H9BrCl2S2. The standard InChI is InChI=1S/C11H9BrCl2S2/c1-5-4-15-11(9(5)13)10(14)8-3-7(12)6(2)16-8/h3-4,10H,1-2H3. The SMILES string of the molecule is Cc1csc(C(Cl)c2cc(Br)c(C)s2)c1Cl. The van der Waals surface area contributed by atoms with Crippen LogP contribution in [0.1, 0.15) is 25.6 Å². The molecule has 0 N–H and O–H groups in total. The van der Waals surface area contributed by atoms with Gasteiger partial charge >= 0.3 is 0 Å². The van der Waals surface area contributed by atoms with Gasteiger partial charge in [0.2, 0.25) is 0 Å².